The highest BCUT2D eigenvalue weighted by molar-refractivity contribution is 7.99. The van der Waals surface area contributed by atoms with Crippen LogP contribution in [0.1, 0.15) is 11.4 Å². The fraction of sp³-hybridized carbons (Fsp3) is 0.158. The fourth-order valence-electron chi connectivity index (χ4n) is 2.85. The number of carbonyl (C=O) groups excluding carboxylic acids is 1. The Balaban J connectivity index is 1.41. The van der Waals surface area contributed by atoms with Gasteiger partial charge in [0.05, 0.1) is 23.3 Å². The molecule has 0 spiro atoms. The summed E-state index contributed by atoms with van der Waals surface area (Å²) < 4.78 is 1.99. The Morgan fingerprint density at radius 2 is 1.89 bits per heavy atom. The summed E-state index contributed by atoms with van der Waals surface area (Å²) in [6.07, 6.45) is 0. The lowest BCUT2D eigenvalue weighted by atomic mass is 10.2. The minimum absolute atomic E-state index is 0.158. The number of rotatable bonds is 6. The largest absolute Gasteiger partial charge is 0.325 e. The lowest BCUT2D eigenvalue weighted by Crippen LogP contribution is -2.14. The van der Waals surface area contributed by atoms with Crippen molar-refractivity contribution in [1.82, 2.24) is 24.7 Å². The van der Waals surface area contributed by atoms with Crippen molar-refractivity contribution in [2.24, 2.45) is 0 Å². The molecule has 1 amide bonds. The first kappa shape index (κ1) is 18.1. The molecule has 8 nitrogen and oxygen atoms in total. The van der Waals surface area contributed by atoms with Crippen LogP contribution in [0, 0.1) is 6.92 Å². The molecule has 4 aromatic rings. The van der Waals surface area contributed by atoms with Gasteiger partial charge in [-0.05, 0) is 30.7 Å². The van der Waals surface area contributed by atoms with Crippen LogP contribution < -0.4 is 11.0 Å². The highest BCUT2D eigenvalue weighted by Crippen LogP contribution is 2.20. The SMILES string of the molecule is Cc1nnc(SCC(=O)Nc2ccc3[nH]c(=O)[nH]c3c2)n1Cc1ccccc1. The molecule has 0 aliphatic heterocycles. The molecular formula is C19H18N6O2S. The smallest absolute Gasteiger partial charge is 0.323 e. The predicted octanol–water partition coefficient (Wildman–Crippen LogP) is 2.54. The number of carbonyl (C=O) groups is 1. The van der Waals surface area contributed by atoms with Crippen LogP contribution in [0.15, 0.2) is 58.5 Å². The zero-order valence-electron chi connectivity index (χ0n) is 15.1. The van der Waals surface area contributed by atoms with E-state index in [0.29, 0.717) is 28.4 Å². The molecule has 0 saturated heterocycles. The van der Waals surface area contributed by atoms with Gasteiger partial charge in [-0.1, -0.05) is 42.1 Å². The number of amides is 1. The molecule has 0 saturated carbocycles. The number of anilines is 1. The van der Waals surface area contributed by atoms with E-state index in [0.717, 1.165) is 11.4 Å². The minimum atomic E-state index is -0.276. The van der Waals surface area contributed by atoms with Gasteiger partial charge in [0.1, 0.15) is 5.82 Å². The van der Waals surface area contributed by atoms with Gasteiger partial charge < -0.3 is 19.9 Å². The molecule has 142 valence electrons. The van der Waals surface area contributed by atoms with Gasteiger partial charge in [-0.15, -0.1) is 10.2 Å². The highest BCUT2D eigenvalue weighted by atomic mass is 32.2. The molecule has 3 N–H and O–H groups in total. The van der Waals surface area contributed by atoms with Crippen LogP contribution in [0.25, 0.3) is 11.0 Å². The highest BCUT2D eigenvalue weighted by Gasteiger charge is 2.12. The maximum atomic E-state index is 12.3. The van der Waals surface area contributed by atoms with Crippen LogP contribution in [0.5, 0.6) is 0 Å². The summed E-state index contributed by atoms with van der Waals surface area (Å²) in [5, 5.41) is 11.9. The van der Waals surface area contributed by atoms with Crippen LogP contribution in [-0.2, 0) is 11.3 Å². The van der Waals surface area contributed by atoms with E-state index in [1.54, 1.807) is 18.2 Å². The molecule has 4 rings (SSSR count). The summed E-state index contributed by atoms with van der Waals surface area (Å²) >= 11 is 1.34. The number of imidazole rings is 1. The van der Waals surface area contributed by atoms with E-state index < -0.39 is 0 Å². The molecule has 0 unspecified atom stereocenters. The second-order valence-electron chi connectivity index (χ2n) is 6.28. The first-order valence-corrected chi connectivity index (χ1v) is 9.65. The number of nitrogens with one attached hydrogen (secondary N) is 3. The molecule has 0 fully saturated rings. The number of aromatic nitrogens is 5. The Kier molecular flexibility index (Phi) is 4.98. The van der Waals surface area contributed by atoms with Gasteiger partial charge in [0.15, 0.2) is 5.16 Å². The first-order valence-electron chi connectivity index (χ1n) is 8.67. The number of H-pyrrole nitrogens is 2. The first-order chi connectivity index (χ1) is 13.6. The molecule has 0 atom stereocenters. The van der Waals surface area contributed by atoms with E-state index in [-0.39, 0.29) is 17.3 Å². The Morgan fingerprint density at radius 1 is 1.11 bits per heavy atom. The molecule has 9 heteroatoms. The van der Waals surface area contributed by atoms with Crippen LogP contribution in [0.2, 0.25) is 0 Å². The van der Waals surface area contributed by atoms with Gasteiger partial charge in [-0.2, -0.15) is 0 Å². The van der Waals surface area contributed by atoms with E-state index in [4.69, 9.17) is 0 Å². The molecule has 2 aromatic heterocycles. The van der Waals surface area contributed by atoms with E-state index in [1.165, 1.54) is 11.8 Å². The van der Waals surface area contributed by atoms with Crippen LogP contribution in [0.4, 0.5) is 5.69 Å². The topological polar surface area (TPSA) is 108 Å². The fourth-order valence-corrected chi connectivity index (χ4v) is 3.64. The zero-order valence-corrected chi connectivity index (χ0v) is 15.9. The second kappa shape index (κ2) is 7.73. The Bertz CT molecular complexity index is 1180. The van der Waals surface area contributed by atoms with Gasteiger partial charge in [0.2, 0.25) is 5.91 Å². The lowest BCUT2D eigenvalue weighted by Gasteiger charge is -2.09. The molecule has 28 heavy (non-hydrogen) atoms. The number of hydrogen-bond donors (Lipinski definition) is 3. The molecule has 2 heterocycles. The van der Waals surface area contributed by atoms with Crippen LogP contribution >= 0.6 is 11.8 Å². The third kappa shape index (κ3) is 3.99. The standard InChI is InChI=1S/C19H18N6O2S/c1-12-23-24-19(25(12)10-13-5-3-2-4-6-13)28-11-17(26)20-14-7-8-15-16(9-14)22-18(27)21-15/h2-9H,10-11H2,1H3,(H,20,26)(H2,21,22,27). The van der Waals surface area contributed by atoms with Crippen molar-refractivity contribution in [3.63, 3.8) is 0 Å². The summed E-state index contributed by atoms with van der Waals surface area (Å²) in [6.45, 7) is 2.55. The van der Waals surface area contributed by atoms with Gasteiger partial charge in [0.25, 0.3) is 0 Å². The van der Waals surface area contributed by atoms with Crippen LogP contribution in [0.3, 0.4) is 0 Å². The number of benzene rings is 2. The summed E-state index contributed by atoms with van der Waals surface area (Å²) in [5.74, 6) is 0.844. The summed E-state index contributed by atoms with van der Waals surface area (Å²) in [4.78, 5) is 29.0. The van der Waals surface area contributed by atoms with Gasteiger partial charge in [0, 0.05) is 5.69 Å². The van der Waals surface area contributed by atoms with E-state index >= 15 is 0 Å². The number of aromatic amines is 2. The number of nitrogens with zero attached hydrogens (tertiary/aromatic N) is 3. The van der Waals surface area contributed by atoms with Crippen molar-refractivity contribution in [3.05, 3.63) is 70.4 Å². The zero-order chi connectivity index (χ0) is 19.5. The minimum Gasteiger partial charge on any atom is -0.325 e. The maximum absolute atomic E-state index is 12.3. The number of hydrogen-bond acceptors (Lipinski definition) is 5. The Morgan fingerprint density at radius 3 is 2.71 bits per heavy atom. The molecule has 0 aliphatic rings. The quantitative estimate of drug-likeness (QED) is 0.436. The van der Waals surface area contributed by atoms with E-state index in [1.807, 2.05) is 41.8 Å². The van der Waals surface area contributed by atoms with Gasteiger partial charge >= 0.3 is 5.69 Å². The van der Waals surface area contributed by atoms with Gasteiger partial charge in [-0.3, -0.25) is 4.79 Å². The molecular weight excluding hydrogens is 376 g/mol. The monoisotopic (exact) mass is 394 g/mol. The average Bonchev–Trinajstić information content (AvgIpc) is 3.22. The van der Waals surface area contributed by atoms with Crippen molar-refractivity contribution in [3.8, 4) is 0 Å². The number of aryl methyl sites for hydroxylation is 1. The van der Waals surface area contributed by atoms with Crippen molar-refractivity contribution < 1.29 is 4.79 Å². The predicted molar refractivity (Wildman–Crippen MR) is 109 cm³/mol. The molecule has 0 bridgehead atoms. The van der Waals surface area contributed by atoms with Crippen molar-refractivity contribution in [2.45, 2.75) is 18.6 Å². The van der Waals surface area contributed by atoms with E-state index in [9.17, 15) is 9.59 Å². The summed E-state index contributed by atoms with van der Waals surface area (Å²) in [7, 11) is 0. The van der Waals surface area contributed by atoms with Crippen molar-refractivity contribution in [1.29, 1.82) is 0 Å². The Hall–Kier alpha value is -3.33. The number of fused-ring (bicyclic) bond motifs is 1. The number of thioether (sulfide) groups is 1. The van der Waals surface area contributed by atoms with Crippen LogP contribution in [-0.4, -0.2) is 36.4 Å². The molecule has 0 aliphatic carbocycles. The lowest BCUT2D eigenvalue weighted by molar-refractivity contribution is -0.113. The normalized spacial score (nSPS) is 11.0. The third-order valence-electron chi connectivity index (χ3n) is 4.22. The summed E-state index contributed by atoms with van der Waals surface area (Å²) in [6, 6.07) is 15.3. The van der Waals surface area contributed by atoms with Crippen molar-refractivity contribution >= 4 is 34.4 Å². The second-order valence-corrected chi connectivity index (χ2v) is 7.22. The summed E-state index contributed by atoms with van der Waals surface area (Å²) in [5.41, 5.74) is 2.83. The average molecular weight is 394 g/mol. The van der Waals surface area contributed by atoms with Crippen molar-refractivity contribution in [2.75, 3.05) is 11.1 Å². The molecule has 0 radical (unpaired) electrons. The molecule has 2 aromatic carbocycles. The van der Waals surface area contributed by atoms with E-state index in [2.05, 4.69) is 25.5 Å². The van der Waals surface area contributed by atoms with Gasteiger partial charge in [-0.25, -0.2) is 4.79 Å². The third-order valence-corrected chi connectivity index (χ3v) is 5.18. The maximum Gasteiger partial charge on any atom is 0.323 e. The Labute approximate surface area is 164 Å².